The zero-order valence-electron chi connectivity index (χ0n) is 15.0. The number of allylic oxidation sites excluding steroid dienone is 1. The van der Waals surface area contributed by atoms with Crippen molar-refractivity contribution in [1.29, 1.82) is 0 Å². The topological polar surface area (TPSA) is 73.8 Å². The number of benzene rings is 1. The normalized spacial score (nSPS) is 16.7. The highest BCUT2D eigenvalue weighted by molar-refractivity contribution is 7.07. The molecule has 0 spiro atoms. The number of carbonyl (C=O) groups excluding carboxylic acids is 1. The minimum absolute atomic E-state index is 0.279. The van der Waals surface area contributed by atoms with Gasteiger partial charge in [0.1, 0.15) is 11.8 Å². The van der Waals surface area contributed by atoms with E-state index < -0.39 is 12.0 Å². The van der Waals surface area contributed by atoms with Crippen molar-refractivity contribution in [2.24, 2.45) is 4.99 Å². The van der Waals surface area contributed by atoms with Crippen LogP contribution in [0, 0.1) is 0 Å². The largest absolute Gasteiger partial charge is 0.466 e. The minimum Gasteiger partial charge on any atom is -0.466 e. The molecule has 0 saturated carbocycles. The van der Waals surface area contributed by atoms with Gasteiger partial charge < -0.3 is 9.15 Å². The number of thiazole rings is 1. The van der Waals surface area contributed by atoms with Crippen molar-refractivity contribution < 1.29 is 13.9 Å². The molecule has 1 aliphatic rings. The fourth-order valence-corrected chi connectivity index (χ4v) is 4.45. The molecular weight excluding hydrogens is 400 g/mol. The maximum atomic E-state index is 13.2. The summed E-state index contributed by atoms with van der Waals surface area (Å²) in [6, 6.07) is 9.89. The van der Waals surface area contributed by atoms with Crippen LogP contribution in [0.1, 0.15) is 24.3 Å². The smallest absolute Gasteiger partial charge is 0.338 e. The van der Waals surface area contributed by atoms with Gasteiger partial charge in [0.05, 0.1) is 29.2 Å². The second-order valence-corrected chi connectivity index (χ2v) is 7.53. The maximum absolute atomic E-state index is 13.2. The molecular formula is C20H15ClN2O4S. The lowest BCUT2D eigenvalue weighted by Crippen LogP contribution is -2.39. The van der Waals surface area contributed by atoms with Gasteiger partial charge in [-0.05, 0) is 30.7 Å². The monoisotopic (exact) mass is 414 g/mol. The van der Waals surface area contributed by atoms with Gasteiger partial charge in [0.15, 0.2) is 4.80 Å². The van der Waals surface area contributed by atoms with E-state index in [1.165, 1.54) is 29.3 Å². The summed E-state index contributed by atoms with van der Waals surface area (Å²) < 4.78 is 12.2. The fraction of sp³-hybridized carbons (Fsp3) is 0.150. The number of rotatable bonds is 3. The molecule has 8 heteroatoms. The van der Waals surface area contributed by atoms with Crippen LogP contribution in [-0.2, 0) is 9.53 Å². The SMILES string of the molecule is COC(=O)C1=C(C)N=c2s/c(=C\c3ccco3)c(=O)n2C1c1ccccc1Cl. The number of halogens is 1. The van der Waals surface area contributed by atoms with Crippen LogP contribution in [0.15, 0.2) is 68.1 Å². The lowest BCUT2D eigenvalue weighted by atomic mass is 9.96. The molecule has 2 aromatic heterocycles. The predicted octanol–water partition coefficient (Wildman–Crippen LogP) is 2.65. The third kappa shape index (κ3) is 3.02. The first-order chi connectivity index (χ1) is 13.5. The van der Waals surface area contributed by atoms with Crippen LogP contribution >= 0.6 is 22.9 Å². The molecule has 0 bridgehead atoms. The molecule has 3 heterocycles. The molecule has 1 atom stereocenters. The summed E-state index contributed by atoms with van der Waals surface area (Å²) in [5.74, 6) is 0.00921. The molecule has 0 amide bonds. The quantitative estimate of drug-likeness (QED) is 0.617. The number of aromatic nitrogens is 1. The molecule has 6 nitrogen and oxygen atoms in total. The number of esters is 1. The van der Waals surface area contributed by atoms with Gasteiger partial charge >= 0.3 is 5.97 Å². The molecule has 1 unspecified atom stereocenters. The van der Waals surface area contributed by atoms with E-state index in [0.717, 1.165) is 0 Å². The Hall–Kier alpha value is -2.90. The number of hydrogen-bond acceptors (Lipinski definition) is 6. The summed E-state index contributed by atoms with van der Waals surface area (Å²) >= 11 is 7.65. The van der Waals surface area contributed by atoms with E-state index >= 15 is 0 Å². The average molecular weight is 415 g/mol. The van der Waals surface area contributed by atoms with Crippen LogP contribution in [0.3, 0.4) is 0 Å². The average Bonchev–Trinajstić information content (AvgIpc) is 3.29. The Labute approximate surface area is 168 Å². The van der Waals surface area contributed by atoms with Gasteiger partial charge in [0.25, 0.3) is 5.56 Å². The third-order valence-electron chi connectivity index (χ3n) is 4.44. The minimum atomic E-state index is -0.726. The first-order valence-corrected chi connectivity index (χ1v) is 9.59. The second-order valence-electron chi connectivity index (χ2n) is 6.11. The van der Waals surface area contributed by atoms with E-state index in [0.29, 0.717) is 31.4 Å². The van der Waals surface area contributed by atoms with E-state index in [1.54, 1.807) is 43.3 Å². The summed E-state index contributed by atoms with van der Waals surface area (Å²) in [7, 11) is 1.30. The molecule has 1 aromatic carbocycles. The Kier molecular flexibility index (Phi) is 4.78. The van der Waals surface area contributed by atoms with Crippen LogP contribution in [0.4, 0.5) is 0 Å². The van der Waals surface area contributed by atoms with Crippen LogP contribution < -0.4 is 14.9 Å². The predicted molar refractivity (Wildman–Crippen MR) is 106 cm³/mol. The van der Waals surface area contributed by atoms with Crippen molar-refractivity contribution in [3.05, 3.63) is 90.0 Å². The Balaban J connectivity index is 2.03. The number of fused-ring (bicyclic) bond motifs is 1. The summed E-state index contributed by atoms with van der Waals surface area (Å²) in [6.45, 7) is 1.72. The van der Waals surface area contributed by atoms with Crippen molar-refractivity contribution in [2.45, 2.75) is 13.0 Å². The molecule has 3 aromatic rings. The van der Waals surface area contributed by atoms with Crippen LogP contribution in [0.5, 0.6) is 0 Å². The molecule has 4 rings (SSSR count). The number of ether oxygens (including phenoxy) is 1. The Bertz CT molecular complexity index is 1270. The van der Waals surface area contributed by atoms with Crippen LogP contribution in [0.2, 0.25) is 5.02 Å². The first kappa shape index (κ1) is 18.5. The Morgan fingerprint density at radius 2 is 2.11 bits per heavy atom. The molecule has 28 heavy (non-hydrogen) atoms. The van der Waals surface area contributed by atoms with Crippen molar-refractivity contribution in [3.8, 4) is 0 Å². The lowest BCUT2D eigenvalue weighted by molar-refractivity contribution is -0.136. The van der Waals surface area contributed by atoms with E-state index in [4.69, 9.17) is 20.8 Å². The lowest BCUT2D eigenvalue weighted by Gasteiger charge is -2.25. The summed E-state index contributed by atoms with van der Waals surface area (Å²) in [5.41, 5.74) is 1.12. The van der Waals surface area contributed by atoms with Gasteiger partial charge in [0.2, 0.25) is 0 Å². The highest BCUT2D eigenvalue weighted by Gasteiger charge is 2.34. The van der Waals surface area contributed by atoms with Crippen molar-refractivity contribution >= 4 is 35.0 Å². The zero-order chi connectivity index (χ0) is 19.8. The van der Waals surface area contributed by atoms with Gasteiger partial charge in [-0.15, -0.1) is 0 Å². The van der Waals surface area contributed by atoms with Gasteiger partial charge in [0, 0.05) is 11.1 Å². The summed E-state index contributed by atoms with van der Waals surface area (Å²) in [5, 5.41) is 0.448. The maximum Gasteiger partial charge on any atom is 0.338 e. The summed E-state index contributed by atoms with van der Waals surface area (Å²) in [4.78, 5) is 30.7. The number of furan rings is 1. The van der Waals surface area contributed by atoms with Crippen LogP contribution in [0.25, 0.3) is 6.08 Å². The molecule has 0 radical (unpaired) electrons. The number of hydrogen-bond donors (Lipinski definition) is 0. The van der Waals surface area contributed by atoms with Crippen molar-refractivity contribution in [3.63, 3.8) is 0 Å². The molecule has 0 N–H and O–H groups in total. The van der Waals surface area contributed by atoms with E-state index in [-0.39, 0.29) is 11.1 Å². The van der Waals surface area contributed by atoms with E-state index in [2.05, 4.69) is 4.99 Å². The fourth-order valence-electron chi connectivity index (χ4n) is 3.19. The van der Waals surface area contributed by atoms with Crippen LogP contribution in [-0.4, -0.2) is 17.6 Å². The van der Waals surface area contributed by atoms with Gasteiger partial charge in [-0.25, -0.2) is 9.79 Å². The Morgan fingerprint density at radius 3 is 2.79 bits per heavy atom. The van der Waals surface area contributed by atoms with E-state index in [9.17, 15) is 9.59 Å². The van der Waals surface area contributed by atoms with Gasteiger partial charge in [-0.3, -0.25) is 9.36 Å². The third-order valence-corrected chi connectivity index (χ3v) is 5.77. The number of methoxy groups -OCH3 is 1. The highest BCUT2D eigenvalue weighted by atomic mass is 35.5. The number of nitrogens with zero attached hydrogens (tertiary/aromatic N) is 2. The standard InChI is InChI=1S/C20H15ClN2O4S/c1-11-16(19(25)26-2)17(13-7-3-4-8-14(13)21)23-18(24)15(28-20(23)22-11)10-12-6-5-9-27-12/h3-10,17H,1-2H3/b15-10-. The Morgan fingerprint density at radius 1 is 1.32 bits per heavy atom. The first-order valence-electron chi connectivity index (χ1n) is 8.40. The van der Waals surface area contributed by atoms with Gasteiger partial charge in [-0.2, -0.15) is 0 Å². The molecule has 1 aliphatic heterocycles. The molecule has 142 valence electrons. The second kappa shape index (κ2) is 7.26. The summed E-state index contributed by atoms with van der Waals surface area (Å²) in [6.07, 6.45) is 3.19. The number of carbonyl (C=O) groups is 1. The van der Waals surface area contributed by atoms with Crippen molar-refractivity contribution in [2.75, 3.05) is 7.11 Å². The molecule has 0 aliphatic carbocycles. The van der Waals surface area contributed by atoms with Gasteiger partial charge in [-0.1, -0.05) is 41.1 Å². The van der Waals surface area contributed by atoms with E-state index in [1.807, 2.05) is 6.07 Å². The molecule has 0 saturated heterocycles. The van der Waals surface area contributed by atoms with Crippen molar-refractivity contribution in [1.82, 2.24) is 4.57 Å². The zero-order valence-corrected chi connectivity index (χ0v) is 16.6. The highest BCUT2D eigenvalue weighted by Crippen LogP contribution is 2.34. The molecule has 0 fully saturated rings.